The van der Waals surface area contributed by atoms with E-state index >= 15 is 0 Å². The van der Waals surface area contributed by atoms with Crippen LogP contribution in [0.4, 0.5) is 4.39 Å². The van der Waals surface area contributed by atoms with Gasteiger partial charge in [-0.2, -0.15) is 0 Å². The molecule has 2 rings (SSSR count). The molecule has 6 heteroatoms. The van der Waals surface area contributed by atoms with E-state index in [0.717, 1.165) is 12.0 Å². The van der Waals surface area contributed by atoms with Crippen molar-refractivity contribution in [2.24, 2.45) is 0 Å². The van der Waals surface area contributed by atoms with Gasteiger partial charge in [0.25, 0.3) is 5.91 Å². The molecule has 0 saturated carbocycles. The Hall–Kier alpha value is -2.89. The second kappa shape index (κ2) is 12.0. The average molecular weight is 415 g/mol. The molecular weight excluding hydrogens is 383 g/mol. The molecule has 0 aliphatic carbocycles. The number of halogens is 1. The molecular formula is C24H31FN2O3. The third kappa shape index (κ3) is 6.87. The fraction of sp³-hybridized carbons (Fsp3) is 0.417. The number of benzene rings is 2. The molecule has 0 aromatic heterocycles. The standard InChI is InChI=1S/C24H31FN2O3/c1-4-18(3)26-24(29)21(5-2)27(16-15-19-11-7-6-8-12-19)23(28)17-30-22-14-10-9-13-20(22)25/h6-14,18,21H,4-5,15-17H2,1-3H3,(H,26,29)/t18-,21-/m0/s1. The van der Waals surface area contributed by atoms with Gasteiger partial charge in [0.1, 0.15) is 6.04 Å². The molecule has 162 valence electrons. The summed E-state index contributed by atoms with van der Waals surface area (Å²) in [5.74, 6) is -1.03. The molecule has 30 heavy (non-hydrogen) atoms. The van der Waals surface area contributed by atoms with Crippen LogP contribution in [0.1, 0.15) is 39.2 Å². The Balaban J connectivity index is 2.14. The lowest BCUT2D eigenvalue weighted by atomic mass is 10.1. The minimum atomic E-state index is -0.612. The Bertz CT molecular complexity index is 813. The minimum absolute atomic E-state index is 0.0194. The van der Waals surface area contributed by atoms with Gasteiger partial charge >= 0.3 is 0 Å². The summed E-state index contributed by atoms with van der Waals surface area (Å²) >= 11 is 0. The number of carbonyl (C=O) groups is 2. The van der Waals surface area contributed by atoms with Crippen LogP contribution >= 0.6 is 0 Å². The number of carbonyl (C=O) groups excluding carboxylic acids is 2. The molecule has 5 nitrogen and oxygen atoms in total. The second-order valence-electron chi connectivity index (χ2n) is 7.28. The van der Waals surface area contributed by atoms with Gasteiger partial charge < -0.3 is 15.0 Å². The lowest BCUT2D eigenvalue weighted by Crippen LogP contribution is -2.52. The summed E-state index contributed by atoms with van der Waals surface area (Å²) in [6.07, 6.45) is 1.89. The molecule has 2 aromatic rings. The summed E-state index contributed by atoms with van der Waals surface area (Å²) in [6.45, 7) is 5.84. The van der Waals surface area contributed by atoms with Crippen LogP contribution in [0.25, 0.3) is 0 Å². The molecule has 0 fully saturated rings. The first-order valence-corrected chi connectivity index (χ1v) is 10.5. The van der Waals surface area contributed by atoms with Crippen molar-refractivity contribution in [2.75, 3.05) is 13.2 Å². The van der Waals surface area contributed by atoms with Crippen molar-refractivity contribution in [3.8, 4) is 5.75 Å². The monoisotopic (exact) mass is 414 g/mol. The van der Waals surface area contributed by atoms with Gasteiger partial charge in [-0.15, -0.1) is 0 Å². The predicted molar refractivity (Wildman–Crippen MR) is 116 cm³/mol. The number of hydrogen-bond acceptors (Lipinski definition) is 3. The summed E-state index contributed by atoms with van der Waals surface area (Å²) < 4.78 is 19.2. The number of rotatable bonds is 11. The van der Waals surface area contributed by atoms with E-state index in [9.17, 15) is 14.0 Å². The van der Waals surface area contributed by atoms with Crippen molar-refractivity contribution < 1.29 is 18.7 Å². The van der Waals surface area contributed by atoms with Crippen LogP contribution in [-0.4, -0.2) is 41.9 Å². The Morgan fingerprint density at radius 3 is 2.33 bits per heavy atom. The van der Waals surface area contributed by atoms with E-state index in [1.54, 1.807) is 17.0 Å². The highest BCUT2D eigenvalue weighted by molar-refractivity contribution is 5.88. The van der Waals surface area contributed by atoms with Crippen LogP contribution < -0.4 is 10.1 Å². The fourth-order valence-electron chi connectivity index (χ4n) is 3.12. The average Bonchev–Trinajstić information content (AvgIpc) is 2.76. The number of hydrogen-bond donors (Lipinski definition) is 1. The van der Waals surface area contributed by atoms with Crippen LogP contribution in [-0.2, 0) is 16.0 Å². The first kappa shape index (κ1) is 23.4. The van der Waals surface area contributed by atoms with Crippen molar-refractivity contribution in [1.29, 1.82) is 0 Å². The van der Waals surface area contributed by atoms with E-state index in [1.165, 1.54) is 12.1 Å². The molecule has 2 atom stereocenters. The Labute approximate surface area is 178 Å². The predicted octanol–water partition coefficient (Wildman–Crippen LogP) is 3.97. The molecule has 0 unspecified atom stereocenters. The lowest BCUT2D eigenvalue weighted by Gasteiger charge is -2.31. The van der Waals surface area contributed by atoms with Gasteiger partial charge in [-0.1, -0.05) is 56.3 Å². The SMILES string of the molecule is CC[C@H](C)NC(=O)[C@H](CC)N(CCc1ccccc1)C(=O)COc1ccccc1F. The van der Waals surface area contributed by atoms with E-state index in [4.69, 9.17) is 4.74 Å². The summed E-state index contributed by atoms with van der Waals surface area (Å²) in [7, 11) is 0. The highest BCUT2D eigenvalue weighted by Crippen LogP contribution is 2.16. The molecule has 0 aliphatic rings. The Kier molecular flexibility index (Phi) is 9.32. The smallest absolute Gasteiger partial charge is 0.261 e. The van der Waals surface area contributed by atoms with Crippen LogP contribution in [0, 0.1) is 5.82 Å². The number of nitrogens with zero attached hydrogens (tertiary/aromatic N) is 1. The van der Waals surface area contributed by atoms with Gasteiger partial charge in [0.15, 0.2) is 18.2 Å². The number of amides is 2. The molecule has 0 bridgehead atoms. The van der Waals surface area contributed by atoms with Crippen LogP contribution in [0.3, 0.4) is 0 Å². The molecule has 0 heterocycles. The van der Waals surface area contributed by atoms with Crippen LogP contribution in [0.5, 0.6) is 5.75 Å². The van der Waals surface area contributed by atoms with Gasteiger partial charge in [0, 0.05) is 12.6 Å². The van der Waals surface area contributed by atoms with Crippen molar-refractivity contribution in [2.45, 2.75) is 52.1 Å². The van der Waals surface area contributed by atoms with Gasteiger partial charge in [0.2, 0.25) is 5.91 Å². The van der Waals surface area contributed by atoms with Crippen molar-refractivity contribution in [3.63, 3.8) is 0 Å². The zero-order chi connectivity index (χ0) is 21.9. The maximum absolute atomic E-state index is 13.8. The molecule has 2 aromatic carbocycles. The highest BCUT2D eigenvalue weighted by Gasteiger charge is 2.29. The van der Waals surface area contributed by atoms with E-state index in [1.807, 2.05) is 51.1 Å². The van der Waals surface area contributed by atoms with E-state index in [0.29, 0.717) is 19.4 Å². The quantitative estimate of drug-likeness (QED) is 0.605. The van der Waals surface area contributed by atoms with Crippen molar-refractivity contribution in [3.05, 3.63) is 66.0 Å². The van der Waals surface area contributed by atoms with Gasteiger partial charge in [0.05, 0.1) is 0 Å². The first-order valence-electron chi connectivity index (χ1n) is 10.5. The fourth-order valence-corrected chi connectivity index (χ4v) is 3.12. The van der Waals surface area contributed by atoms with Crippen molar-refractivity contribution in [1.82, 2.24) is 10.2 Å². The van der Waals surface area contributed by atoms with E-state index in [-0.39, 0.29) is 30.2 Å². The van der Waals surface area contributed by atoms with Crippen LogP contribution in [0.2, 0.25) is 0 Å². The van der Waals surface area contributed by atoms with E-state index < -0.39 is 11.9 Å². The second-order valence-corrected chi connectivity index (χ2v) is 7.28. The number of ether oxygens (including phenoxy) is 1. The molecule has 1 N–H and O–H groups in total. The normalized spacial score (nSPS) is 12.7. The molecule has 2 amide bonds. The third-order valence-corrected chi connectivity index (χ3v) is 5.06. The highest BCUT2D eigenvalue weighted by atomic mass is 19.1. The molecule has 0 radical (unpaired) electrons. The molecule has 0 aliphatic heterocycles. The Morgan fingerprint density at radius 1 is 1.03 bits per heavy atom. The largest absolute Gasteiger partial charge is 0.481 e. The maximum Gasteiger partial charge on any atom is 0.261 e. The molecule has 0 spiro atoms. The third-order valence-electron chi connectivity index (χ3n) is 5.06. The summed E-state index contributed by atoms with van der Waals surface area (Å²) in [6, 6.07) is 15.1. The summed E-state index contributed by atoms with van der Waals surface area (Å²) in [4.78, 5) is 27.4. The lowest BCUT2D eigenvalue weighted by molar-refractivity contribution is -0.142. The molecule has 0 saturated heterocycles. The zero-order valence-electron chi connectivity index (χ0n) is 17.9. The van der Waals surface area contributed by atoms with Crippen LogP contribution in [0.15, 0.2) is 54.6 Å². The minimum Gasteiger partial charge on any atom is -0.481 e. The number of nitrogens with one attached hydrogen (secondary N) is 1. The Morgan fingerprint density at radius 2 is 1.70 bits per heavy atom. The van der Waals surface area contributed by atoms with Gasteiger partial charge in [-0.25, -0.2) is 4.39 Å². The summed E-state index contributed by atoms with van der Waals surface area (Å²) in [5.41, 5.74) is 1.07. The van der Waals surface area contributed by atoms with Crippen molar-refractivity contribution >= 4 is 11.8 Å². The van der Waals surface area contributed by atoms with Gasteiger partial charge in [-0.05, 0) is 43.9 Å². The maximum atomic E-state index is 13.8. The first-order chi connectivity index (χ1) is 14.5. The zero-order valence-corrected chi connectivity index (χ0v) is 17.9. The number of para-hydroxylation sites is 1. The summed E-state index contributed by atoms with van der Waals surface area (Å²) in [5, 5.41) is 2.96. The van der Waals surface area contributed by atoms with Gasteiger partial charge in [-0.3, -0.25) is 9.59 Å². The van der Waals surface area contributed by atoms with E-state index in [2.05, 4.69) is 5.32 Å². The topological polar surface area (TPSA) is 58.6 Å².